The molecular weight excluding hydrogens is 232 g/mol. The largest absolute Gasteiger partial charge is 0.393 e. The van der Waals surface area contributed by atoms with Gasteiger partial charge in [-0.15, -0.1) is 0 Å². The van der Waals surface area contributed by atoms with E-state index in [1.807, 2.05) is 0 Å². The molecule has 0 bridgehead atoms. The highest BCUT2D eigenvalue weighted by atomic mass is 16.3. The van der Waals surface area contributed by atoms with E-state index in [1.54, 1.807) is 6.92 Å². The minimum atomic E-state index is -0.338. The van der Waals surface area contributed by atoms with Gasteiger partial charge in [0.15, 0.2) is 0 Å². The molecule has 1 fully saturated rings. The molecule has 1 aliphatic rings. The first-order valence-electron chi connectivity index (χ1n) is 6.33. The molecule has 1 aliphatic heterocycles. The van der Waals surface area contributed by atoms with Crippen molar-refractivity contribution in [2.24, 2.45) is 0 Å². The summed E-state index contributed by atoms with van der Waals surface area (Å²) in [5.41, 5.74) is 5.68. The van der Waals surface area contributed by atoms with Crippen LogP contribution in [0.4, 0.5) is 17.8 Å². The first kappa shape index (κ1) is 12.8. The maximum atomic E-state index is 9.19. The van der Waals surface area contributed by atoms with Crippen molar-refractivity contribution >= 4 is 17.8 Å². The van der Waals surface area contributed by atoms with Gasteiger partial charge in [0, 0.05) is 19.6 Å². The lowest BCUT2D eigenvalue weighted by Gasteiger charge is -2.16. The maximum absolute atomic E-state index is 9.19. The molecule has 1 atom stereocenters. The summed E-state index contributed by atoms with van der Waals surface area (Å²) in [6.45, 7) is 4.30. The van der Waals surface area contributed by atoms with E-state index in [1.165, 1.54) is 0 Å². The summed E-state index contributed by atoms with van der Waals surface area (Å²) in [5.74, 6) is 1.34. The third-order valence-electron chi connectivity index (χ3n) is 2.88. The second-order valence-corrected chi connectivity index (χ2v) is 4.58. The van der Waals surface area contributed by atoms with E-state index >= 15 is 0 Å². The molecule has 0 aromatic carbocycles. The number of nitrogens with two attached hydrogens (primary N) is 1. The highest BCUT2D eigenvalue weighted by molar-refractivity contribution is 5.42. The Bertz CT molecular complexity index is 391. The molecule has 0 saturated carbocycles. The summed E-state index contributed by atoms with van der Waals surface area (Å²) in [5, 5.41) is 12.2. The van der Waals surface area contributed by atoms with E-state index in [4.69, 9.17) is 5.73 Å². The van der Waals surface area contributed by atoms with Gasteiger partial charge in [0.2, 0.25) is 17.8 Å². The lowest BCUT2D eigenvalue weighted by molar-refractivity contribution is 0.188. The zero-order valence-electron chi connectivity index (χ0n) is 10.6. The standard InChI is InChI=1S/C11H20N6O/c1-8(18)4-5-13-10-14-9(12)15-11(16-10)17-6-2-3-7-17/h8,18H,2-7H2,1H3,(H3,12,13,14,15,16). The number of aliphatic hydroxyl groups is 1. The Morgan fingerprint density at radius 3 is 2.72 bits per heavy atom. The fourth-order valence-corrected chi connectivity index (χ4v) is 1.91. The molecule has 0 amide bonds. The molecule has 100 valence electrons. The zero-order chi connectivity index (χ0) is 13.0. The lowest BCUT2D eigenvalue weighted by atomic mass is 10.3. The van der Waals surface area contributed by atoms with E-state index in [9.17, 15) is 5.11 Å². The predicted molar refractivity (Wildman–Crippen MR) is 70.5 cm³/mol. The zero-order valence-corrected chi connectivity index (χ0v) is 10.6. The average Bonchev–Trinajstić information content (AvgIpc) is 2.81. The summed E-state index contributed by atoms with van der Waals surface area (Å²) >= 11 is 0. The highest BCUT2D eigenvalue weighted by Crippen LogP contribution is 2.17. The van der Waals surface area contributed by atoms with Crippen LogP contribution in [0.1, 0.15) is 26.2 Å². The van der Waals surface area contributed by atoms with Crippen molar-refractivity contribution in [3.05, 3.63) is 0 Å². The van der Waals surface area contributed by atoms with Crippen LogP contribution in [0, 0.1) is 0 Å². The fraction of sp³-hybridized carbons (Fsp3) is 0.727. The number of nitrogen functional groups attached to an aromatic ring is 1. The number of aliphatic hydroxyl groups excluding tert-OH is 1. The van der Waals surface area contributed by atoms with Crippen LogP contribution < -0.4 is 16.0 Å². The van der Waals surface area contributed by atoms with Crippen molar-refractivity contribution in [3.63, 3.8) is 0 Å². The number of rotatable bonds is 5. The Labute approximate surface area is 106 Å². The molecule has 7 heteroatoms. The van der Waals surface area contributed by atoms with E-state index in [0.717, 1.165) is 25.9 Å². The van der Waals surface area contributed by atoms with Crippen molar-refractivity contribution in [3.8, 4) is 0 Å². The summed E-state index contributed by atoms with van der Waals surface area (Å²) in [6, 6.07) is 0. The van der Waals surface area contributed by atoms with Gasteiger partial charge in [-0.2, -0.15) is 15.0 Å². The number of anilines is 3. The molecule has 1 aromatic rings. The van der Waals surface area contributed by atoms with Crippen molar-refractivity contribution in [1.82, 2.24) is 15.0 Å². The quantitative estimate of drug-likeness (QED) is 0.690. The van der Waals surface area contributed by atoms with Gasteiger partial charge in [-0.05, 0) is 26.2 Å². The van der Waals surface area contributed by atoms with Crippen LogP contribution in [-0.4, -0.2) is 45.8 Å². The van der Waals surface area contributed by atoms with Gasteiger partial charge in [0.05, 0.1) is 6.10 Å². The van der Waals surface area contributed by atoms with Crippen LogP contribution in [0.3, 0.4) is 0 Å². The SMILES string of the molecule is CC(O)CCNc1nc(N)nc(N2CCCC2)n1. The lowest BCUT2D eigenvalue weighted by Crippen LogP contribution is -2.22. The Morgan fingerprint density at radius 1 is 1.33 bits per heavy atom. The maximum Gasteiger partial charge on any atom is 0.231 e. The van der Waals surface area contributed by atoms with Gasteiger partial charge >= 0.3 is 0 Å². The van der Waals surface area contributed by atoms with Crippen LogP contribution in [-0.2, 0) is 0 Å². The smallest absolute Gasteiger partial charge is 0.231 e. The summed E-state index contributed by atoms with van der Waals surface area (Å²) in [7, 11) is 0. The van der Waals surface area contributed by atoms with Crippen LogP contribution in [0.25, 0.3) is 0 Å². The molecule has 2 heterocycles. The van der Waals surface area contributed by atoms with Gasteiger partial charge in [-0.1, -0.05) is 0 Å². The van der Waals surface area contributed by atoms with Gasteiger partial charge in [0.1, 0.15) is 0 Å². The molecular formula is C11H20N6O. The van der Waals surface area contributed by atoms with Gasteiger partial charge < -0.3 is 21.1 Å². The van der Waals surface area contributed by atoms with Crippen LogP contribution in [0.15, 0.2) is 0 Å². The average molecular weight is 252 g/mol. The molecule has 0 aliphatic carbocycles. The van der Waals surface area contributed by atoms with E-state index in [-0.39, 0.29) is 12.1 Å². The molecule has 0 spiro atoms. The number of nitrogens with one attached hydrogen (secondary N) is 1. The number of hydrogen-bond acceptors (Lipinski definition) is 7. The van der Waals surface area contributed by atoms with Crippen molar-refractivity contribution in [2.75, 3.05) is 35.6 Å². The minimum Gasteiger partial charge on any atom is -0.393 e. The molecule has 1 aromatic heterocycles. The first-order chi connectivity index (χ1) is 8.65. The van der Waals surface area contributed by atoms with E-state index < -0.39 is 0 Å². The Balaban J connectivity index is 2.01. The monoisotopic (exact) mass is 252 g/mol. The van der Waals surface area contributed by atoms with Crippen LogP contribution >= 0.6 is 0 Å². The Kier molecular flexibility index (Phi) is 4.14. The summed E-state index contributed by atoms with van der Waals surface area (Å²) < 4.78 is 0. The predicted octanol–water partition coefficient (Wildman–Crippen LogP) is 0.237. The number of nitrogens with zero attached hydrogens (tertiary/aromatic N) is 4. The third kappa shape index (κ3) is 3.43. The topological polar surface area (TPSA) is 100 Å². The number of hydrogen-bond donors (Lipinski definition) is 3. The molecule has 2 rings (SSSR count). The van der Waals surface area contributed by atoms with Crippen molar-refractivity contribution in [2.45, 2.75) is 32.3 Å². The first-order valence-corrected chi connectivity index (χ1v) is 6.33. The van der Waals surface area contributed by atoms with Gasteiger partial charge in [0.25, 0.3) is 0 Å². The van der Waals surface area contributed by atoms with Crippen LogP contribution in [0.2, 0.25) is 0 Å². The van der Waals surface area contributed by atoms with Crippen molar-refractivity contribution < 1.29 is 5.11 Å². The molecule has 18 heavy (non-hydrogen) atoms. The van der Waals surface area contributed by atoms with Crippen molar-refractivity contribution in [1.29, 1.82) is 0 Å². The second-order valence-electron chi connectivity index (χ2n) is 4.58. The Hall–Kier alpha value is -1.63. The van der Waals surface area contributed by atoms with Crippen LogP contribution in [0.5, 0.6) is 0 Å². The number of aromatic nitrogens is 3. The summed E-state index contributed by atoms with van der Waals surface area (Å²) in [6.07, 6.45) is 2.63. The summed E-state index contributed by atoms with van der Waals surface area (Å²) in [4.78, 5) is 14.6. The molecule has 1 saturated heterocycles. The minimum absolute atomic E-state index is 0.228. The van der Waals surface area contributed by atoms with Gasteiger partial charge in [-0.25, -0.2) is 0 Å². The van der Waals surface area contributed by atoms with E-state index in [0.29, 0.717) is 24.9 Å². The van der Waals surface area contributed by atoms with E-state index in [2.05, 4.69) is 25.2 Å². The molecule has 7 nitrogen and oxygen atoms in total. The third-order valence-corrected chi connectivity index (χ3v) is 2.88. The second kappa shape index (κ2) is 5.81. The normalized spacial score (nSPS) is 16.9. The molecule has 0 radical (unpaired) electrons. The van der Waals surface area contributed by atoms with Gasteiger partial charge in [-0.3, -0.25) is 0 Å². The molecule has 4 N–H and O–H groups in total. The Morgan fingerprint density at radius 2 is 2.06 bits per heavy atom. The molecule has 1 unspecified atom stereocenters. The highest BCUT2D eigenvalue weighted by Gasteiger charge is 2.16. The fourth-order valence-electron chi connectivity index (χ4n) is 1.91.